The van der Waals surface area contributed by atoms with E-state index in [0.717, 1.165) is 43.1 Å². The van der Waals surface area contributed by atoms with Crippen molar-refractivity contribution in [2.45, 2.75) is 45.4 Å². The first-order valence-electron chi connectivity index (χ1n) is 7.51. The van der Waals surface area contributed by atoms with Crippen LogP contribution in [0, 0.1) is 6.92 Å². The molecule has 0 aliphatic carbocycles. The van der Waals surface area contributed by atoms with Gasteiger partial charge in [0.25, 0.3) is 0 Å². The third-order valence-corrected chi connectivity index (χ3v) is 3.98. The highest BCUT2D eigenvalue weighted by molar-refractivity contribution is 5.88. The van der Waals surface area contributed by atoms with Crippen molar-refractivity contribution in [2.24, 2.45) is 0 Å². The molecule has 3 heteroatoms. The highest BCUT2D eigenvalue weighted by Gasteiger charge is 2.09. The van der Waals surface area contributed by atoms with E-state index in [1.54, 1.807) is 0 Å². The fourth-order valence-electron chi connectivity index (χ4n) is 2.76. The van der Waals surface area contributed by atoms with Gasteiger partial charge in [-0.15, -0.1) is 0 Å². The van der Waals surface area contributed by atoms with E-state index < -0.39 is 5.97 Å². The fourth-order valence-corrected chi connectivity index (χ4v) is 2.76. The summed E-state index contributed by atoms with van der Waals surface area (Å²) in [5.74, 6) is -0.362. The summed E-state index contributed by atoms with van der Waals surface area (Å²) in [6, 6.07) is 9.94. The summed E-state index contributed by atoms with van der Waals surface area (Å²) in [4.78, 5) is 10.5. The average Bonchev–Trinajstić information content (AvgIpc) is 2.46. The van der Waals surface area contributed by atoms with Crippen LogP contribution in [0.2, 0.25) is 0 Å². The number of carbonyl (C=O) groups is 1. The topological polar surface area (TPSA) is 57.5 Å². The number of phenols is 1. The Hall–Kier alpha value is -2.03. The van der Waals surface area contributed by atoms with Crippen LogP contribution in [-0.2, 0) is 11.2 Å². The van der Waals surface area contributed by atoms with E-state index in [0.29, 0.717) is 5.75 Å². The lowest BCUT2D eigenvalue weighted by Gasteiger charge is -2.12. The monoisotopic (exact) mass is 286 g/mol. The van der Waals surface area contributed by atoms with Crippen molar-refractivity contribution in [1.82, 2.24) is 0 Å². The van der Waals surface area contributed by atoms with Crippen molar-refractivity contribution in [3.63, 3.8) is 0 Å². The van der Waals surface area contributed by atoms with Gasteiger partial charge in [0.05, 0.1) is 0 Å². The minimum absolute atomic E-state index is 0.258. The zero-order valence-electron chi connectivity index (χ0n) is 12.4. The van der Waals surface area contributed by atoms with Gasteiger partial charge in [-0.25, -0.2) is 0 Å². The Bertz CT molecular complexity index is 632. The largest absolute Gasteiger partial charge is 0.508 e. The molecule has 2 aromatic carbocycles. The summed E-state index contributed by atoms with van der Waals surface area (Å²) in [5.41, 5.74) is 2.17. The van der Waals surface area contributed by atoms with E-state index in [-0.39, 0.29) is 6.42 Å². The highest BCUT2D eigenvalue weighted by atomic mass is 16.4. The molecule has 0 unspecified atom stereocenters. The molecular weight excluding hydrogens is 264 g/mol. The van der Waals surface area contributed by atoms with Crippen LogP contribution in [0.1, 0.15) is 43.2 Å². The molecule has 0 aliphatic rings. The van der Waals surface area contributed by atoms with E-state index in [4.69, 9.17) is 5.11 Å². The number of aryl methyl sites for hydroxylation is 1. The van der Waals surface area contributed by atoms with Gasteiger partial charge in [-0.05, 0) is 54.2 Å². The molecular formula is C18H22O3. The molecule has 0 fully saturated rings. The highest BCUT2D eigenvalue weighted by Crippen LogP contribution is 2.30. The molecule has 2 N–H and O–H groups in total. The Labute approximate surface area is 125 Å². The van der Waals surface area contributed by atoms with Gasteiger partial charge in [0.2, 0.25) is 0 Å². The molecule has 0 amide bonds. The summed E-state index contributed by atoms with van der Waals surface area (Å²) in [6.45, 7) is 1.96. The van der Waals surface area contributed by atoms with Crippen molar-refractivity contribution in [2.75, 3.05) is 0 Å². The lowest BCUT2D eigenvalue weighted by atomic mass is 9.94. The summed E-state index contributed by atoms with van der Waals surface area (Å²) >= 11 is 0. The maximum Gasteiger partial charge on any atom is 0.303 e. The number of rotatable bonds is 7. The van der Waals surface area contributed by atoms with Crippen LogP contribution in [0.15, 0.2) is 30.3 Å². The average molecular weight is 286 g/mol. The van der Waals surface area contributed by atoms with Crippen molar-refractivity contribution in [3.8, 4) is 5.75 Å². The van der Waals surface area contributed by atoms with E-state index in [2.05, 4.69) is 6.07 Å². The lowest BCUT2D eigenvalue weighted by molar-refractivity contribution is -0.137. The van der Waals surface area contributed by atoms with Crippen molar-refractivity contribution in [3.05, 3.63) is 41.5 Å². The smallest absolute Gasteiger partial charge is 0.303 e. The Kier molecular flexibility index (Phi) is 5.20. The number of aromatic hydroxyl groups is 1. The molecule has 0 heterocycles. The molecule has 0 saturated carbocycles. The van der Waals surface area contributed by atoms with E-state index in [1.807, 2.05) is 31.2 Å². The first-order valence-corrected chi connectivity index (χ1v) is 7.51. The molecule has 2 rings (SSSR count). The molecule has 112 valence electrons. The second kappa shape index (κ2) is 7.11. The second-order valence-corrected chi connectivity index (χ2v) is 5.53. The van der Waals surface area contributed by atoms with Gasteiger partial charge in [-0.1, -0.05) is 37.1 Å². The number of carboxylic acid groups (broad SMARTS) is 1. The molecule has 2 aromatic rings. The standard InChI is InChI=1S/C18H22O3/c1-13-15(9-4-2-3-5-11-18(20)21)16-10-7-6-8-14(16)12-17(13)19/h6-8,10,12,19H,2-5,9,11H2,1H3,(H,20,21). The number of fused-ring (bicyclic) bond motifs is 1. The minimum Gasteiger partial charge on any atom is -0.508 e. The van der Waals surface area contributed by atoms with E-state index in [9.17, 15) is 9.90 Å². The third kappa shape index (κ3) is 3.97. The molecule has 0 aromatic heterocycles. The van der Waals surface area contributed by atoms with Gasteiger partial charge in [-0.3, -0.25) is 4.79 Å². The summed E-state index contributed by atoms with van der Waals surface area (Å²) in [6.07, 6.45) is 4.92. The van der Waals surface area contributed by atoms with Crippen molar-refractivity contribution in [1.29, 1.82) is 0 Å². The van der Waals surface area contributed by atoms with Crippen molar-refractivity contribution >= 4 is 16.7 Å². The van der Waals surface area contributed by atoms with Gasteiger partial charge in [0, 0.05) is 6.42 Å². The number of carboxylic acids is 1. The Balaban J connectivity index is 2.01. The molecule has 3 nitrogen and oxygen atoms in total. The summed E-state index contributed by atoms with van der Waals surface area (Å²) in [7, 11) is 0. The Morgan fingerprint density at radius 3 is 2.57 bits per heavy atom. The van der Waals surface area contributed by atoms with Crippen LogP contribution in [0.4, 0.5) is 0 Å². The lowest BCUT2D eigenvalue weighted by Crippen LogP contribution is -1.95. The molecule has 0 aliphatic heterocycles. The first-order chi connectivity index (χ1) is 10.1. The SMILES string of the molecule is Cc1c(O)cc2ccccc2c1CCCCCCC(=O)O. The Morgan fingerprint density at radius 2 is 1.81 bits per heavy atom. The summed E-state index contributed by atoms with van der Waals surface area (Å²) < 4.78 is 0. The van der Waals surface area contributed by atoms with Crippen LogP contribution in [0.25, 0.3) is 10.8 Å². The van der Waals surface area contributed by atoms with Gasteiger partial charge < -0.3 is 10.2 Å². The predicted octanol–water partition coefficient (Wildman–Crippen LogP) is 4.43. The van der Waals surface area contributed by atoms with Gasteiger partial charge in [-0.2, -0.15) is 0 Å². The van der Waals surface area contributed by atoms with Gasteiger partial charge in [0.1, 0.15) is 5.75 Å². The van der Waals surface area contributed by atoms with Crippen molar-refractivity contribution < 1.29 is 15.0 Å². The normalized spacial score (nSPS) is 10.9. The maximum atomic E-state index is 10.5. The number of aliphatic carboxylic acids is 1. The molecule has 0 bridgehead atoms. The second-order valence-electron chi connectivity index (χ2n) is 5.53. The zero-order valence-corrected chi connectivity index (χ0v) is 12.4. The molecule has 0 saturated heterocycles. The maximum absolute atomic E-state index is 10.5. The van der Waals surface area contributed by atoms with Crippen LogP contribution >= 0.6 is 0 Å². The van der Waals surface area contributed by atoms with Gasteiger partial charge >= 0.3 is 5.97 Å². The molecule has 0 atom stereocenters. The van der Waals surface area contributed by atoms with Gasteiger partial charge in [0.15, 0.2) is 0 Å². The fraction of sp³-hybridized carbons (Fsp3) is 0.389. The quantitative estimate of drug-likeness (QED) is 0.740. The summed E-state index contributed by atoms with van der Waals surface area (Å²) in [5, 5.41) is 20.9. The van der Waals surface area contributed by atoms with E-state index in [1.165, 1.54) is 10.9 Å². The third-order valence-electron chi connectivity index (χ3n) is 3.98. The number of phenolic OH excluding ortho intramolecular Hbond substituents is 1. The Morgan fingerprint density at radius 1 is 1.10 bits per heavy atom. The molecule has 0 spiro atoms. The number of hydrogen-bond donors (Lipinski definition) is 2. The molecule has 21 heavy (non-hydrogen) atoms. The van der Waals surface area contributed by atoms with Crippen LogP contribution in [0.5, 0.6) is 5.75 Å². The molecule has 0 radical (unpaired) electrons. The zero-order chi connectivity index (χ0) is 15.2. The van der Waals surface area contributed by atoms with Crippen LogP contribution < -0.4 is 0 Å². The number of benzene rings is 2. The first kappa shape index (κ1) is 15.4. The number of hydrogen-bond acceptors (Lipinski definition) is 2. The van der Waals surface area contributed by atoms with E-state index >= 15 is 0 Å². The van der Waals surface area contributed by atoms with Crippen LogP contribution in [-0.4, -0.2) is 16.2 Å². The number of unbranched alkanes of at least 4 members (excludes halogenated alkanes) is 3. The minimum atomic E-state index is -0.718. The van der Waals surface area contributed by atoms with Crippen LogP contribution in [0.3, 0.4) is 0 Å². The predicted molar refractivity (Wildman–Crippen MR) is 84.8 cm³/mol.